The minimum Gasteiger partial charge on any atom is -0.493 e. The summed E-state index contributed by atoms with van der Waals surface area (Å²) in [6.45, 7) is 2.51. The highest BCUT2D eigenvalue weighted by Crippen LogP contribution is 2.39. The molecule has 0 saturated carbocycles. The van der Waals surface area contributed by atoms with Crippen molar-refractivity contribution >= 4 is 11.7 Å². The first-order valence-corrected chi connectivity index (χ1v) is 9.49. The van der Waals surface area contributed by atoms with Crippen LogP contribution in [0.2, 0.25) is 0 Å². The van der Waals surface area contributed by atoms with E-state index in [0.717, 1.165) is 12.1 Å². The number of carbonyl (C=O) groups is 1. The number of aliphatic hydroxyl groups is 1. The first-order valence-electron chi connectivity index (χ1n) is 9.49. The van der Waals surface area contributed by atoms with Gasteiger partial charge in [-0.1, -0.05) is 0 Å². The van der Waals surface area contributed by atoms with Gasteiger partial charge in [0.25, 0.3) is 0 Å². The minimum atomic E-state index is -1.32. The molecule has 2 N–H and O–H groups in total. The van der Waals surface area contributed by atoms with Crippen LogP contribution in [0.3, 0.4) is 0 Å². The van der Waals surface area contributed by atoms with Gasteiger partial charge in [0.15, 0.2) is 0 Å². The fourth-order valence-corrected chi connectivity index (χ4v) is 3.79. The van der Waals surface area contributed by atoms with Crippen molar-refractivity contribution in [3.05, 3.63) is 48.1 Å². The Morgan fingerprint density at radius 1 is 1.23 bits per heavy atom. The maximum atomic E-state index is 13.6. The molecule has 3 aromatic rings. The van der Waals surface area contributed by atoms with E-state index in [1.54, 1.807) is 16.7 Å². The number of hydrogen-bond donors (Lipinski definition) is 2. The van der Waals surface area contributed by atoms with Gasteiger partial charge in [-0.05, 0) is 19.8 Å². The highest BCUT2D eigenvalue weighted by atomic mass is 19.1. The van der Waals surface area contributed by atoms with E-state index >= 15 is 0 Å². The van der Waals surface area contributed by atoms with E-state index in [2.05, 4.69) is 9.97 Å². The molecule has 8 nitrogen and oxygen atoms in total. The predicted octanol–water partition coefficient (Wildman–Crippen LogP) is 3.03. The highest BCUT2D eigenvalue weighted by Gasteiger charge is 2.38. The molecule has 4 rings (SSSR count). The van der Waals surface area contributed by atoms with Crippen molar-refractivity contribution in [2.24, 2.45) is 0 Å². The Hall–Kier alpha value is -3.27. The number of likely N-dealkylation sites (tertiary alicyclic amines) is 1. The van der Waals surface area contributed by atoms with Gasteiger partial charge in [0, 0.05) is 48.6 Å². The number of carboxylic acid groups (broad SMARTS) is 1. The Kier molecular flexibility index (Phi) is 5.02. The molecule has 0 atom stereocenters. The van der Waals surface area contributed by atoms with E-state index in [9.17, 15) is 23.8 Å². The van der Waals surface area contributed by atoms with Crippen LogP contribution < -0.4 is 4.74 Å². The monoisotopic (exact) mass is 418 g/mol. The second-order valence-electron chi connectivity index (χ2n) is 7.16. The van der Waals surface area contributed by atoms with Crippen LogP contribution in [0.5, 0.6) is 5.75 Å². The molecule has 10 heteroatoms. The average molecular weight is 418 g/mol. The van der Waals surface area contributed by atoms with Gasteiger partial charge >= 0.3 is 6.09 Å². The van der Waals surface area contributed by atoms with E-state index in [1.807, 2.05) is 6.92 Å². The van der Waals surface area contributed by atoms with Gasteiger partial charge in [-0.15, -0.1) is 0 Å². The van der Waals surface area contributed by atoms with Gasteiger partial charge < -0.3 is 19.8 Å². The lowest BCUT2D eigenvalue weighted by Gasteiger charge is -2.38. The van der Waals surface area contributed by atoms with Crippen LogP contribution in [0, 0.1) is 11.9 Å². The fourth-order valence-electron chi connectivity index (χ4n) is 3.79. The van der Waals surface area contributed by atoms with E-state index < -0.39 is 23.6 Å². The minimum absolute atomic E-state index is 0.174. The molecule has 4 heterocycles. The molecule has 1 aliphatic rings. The molecule has 1 aliphatic heterocycles. The maximum Gasteiger partial charge on any atom is 0.407 e. The molecular formula is C20H20F2N4O4. The molecule has 0 aliphatic carbocycles. The molecule has 30 heavy (non-hydrogen) atoms. The molecule has 3 aromatic heterocycles. The zero-order valence-electron chi connectivity index (χ0n) is 16.2. The summed E-state index contributed by atoms with van der Waals surface area (Å²) in [5.41, 5.74) is 0.287. The lowest BCUT2D eigenvalue weighted by atomic mass is 9.84. The van der Waals surface area contributed by atoms with Gasteiger partial charge in [0.1, 0.15) is 11.4 Å². The largest absolute Gasteiger partial charge is 0.493 e. The van der Waals surface area contributed by atoms with Crippen LogP contribution >= 0.6 is 0 Å². The van der Waals surface area contributed by atoms with Crippen LogP contribution in [0.4, 0.5) is 13.6 Å². The first-order chi connectivity index (χ1) is 14.3. The van der Waals surface area contributed by atoms with Crippen molar-refractivity contribution < 1.29 is 28.5 Å². The van der Waals surface area contributed by atoms with Crippen molar-refractivity contribution in [3.63, 3.8) is 0 Å². The van der Waals surface area contributed by atoms with Crippen molar-refractivity contribution in [2.75, 3.05) is 19.7 Å². The van der Waals surface area contributed by atoms with Crippen LogP contribution in [0.25, 0.3) is 16.9 Å². The van der Waals surface area contributed by atoms with Gasteiger partial charge in [0.2, 0.25) is 11.9 Å². The number of rotatable bonds is 4. The van der Waals surface area contributed by atoms with E-state index in [4.69, 9.17) is 4.74 Å². The number of ether oxygens (including phenoxy) is 1. The summed E-state index contributed by atoms with van der Waals surface area (Å²) in [7, 11) is 0. The summed E-state index contributed by atoms with van der Waals surface area (Å²) in [6.07, 6.45) is 2.45. The Morgan fingerprint density at radius 2 is 1.90 bits per heavy atom. The molecule has 0 bridgehead atoms. The summed E-state index contributed by atoms with van der Waals surface area (Å²) in [6, 6.07) is 3.85. The maximum absolute atomic E-state index is 13.6. The van der Waals surface area contributed by atoms with Crippen molar-refractivity contribution in [1.29, 1.82) is 0 Å². The van der Waals surface area contributed by atoms with Gasteiger partial charge in [-0.2, -0.15) is 13.8 Å². The predicted molar refractivity (Wildman–Crippen MR) is 102 cm³/mol. The third kappa shape index (κ3) is 3.54. The van der Waals surface area contributed by atoms with E-state index in [-0.39, 0.29) is 31.5 Å². The number of piperidine rings is 1. The molecule has 0 aromatic carbocycles. The summed E-state index contributed by atoms with van der Waals surface area (Å²) in [5, 5.41) is 20.5. The second-order valence-corrected chi connectivity index (χ2v) is 7.16. The summed E-state index contributed by atoms with van der Waals surface area (Å²) >= 11 is 0. The molecular weight excluding hydrogens is 398 g/mol. The van der Waals surface area contributed by atoms with Crippen LogP contribution in [-0.4, -0.2) is 55.3 Å². The standard InChI is InChI=1S/C20H20F2N4O4/c1-2-30-15-9-18-23-10-14(12-7-16(21)24-17(22)8-12)26(18)11-13(15)20(29)3-5-25(6-4-20)19(27)28/h7-11,29H,2-6H2,1H3,(H,27,28). The number of fused-ring (bicyclic) bond motifs is 1. The molecule has 0 radical (unpaired) electrons. The Bertz CT molecular complexity index is 1090. The Labute approximate surface area is 170 Å². The van der Waals surface area contributed by atoms with Crippen molar-refractivity contribution in [1.82, 2.24) is 19.3 Å². The zero-order chi connectivity index (χ0) is 21.5. The van der Waals surface area contributed by atoms with Gasteiger partial charge in [-0.3, -0.25) is 4.40 Å². The molecule has 0 unspecified atom stereocenters. The average Bonchev–Trinajstić information content (AvgIpc) is 3.10. The summed E-state index contributed by atoms with van der Waals surface area (Å²) < 4.78 is 34.6. The van der Waals surface area contributed by atoms with E-state index in [1.165, 1.54) is 11.1 Å². The fraction of sp³-hybridized carbons (Fsp3) is 0.350. The van der Waals surface area contributed by atoms with E-state index in [0.29, 0.717) is 29.3 Å². The number of hydrogen-bond acceptors (Lipinski definition) is 5. The summed E-state index contributed by atoms with van der Waals surface area (Å²) in [5.74, 6) is -1.47. The molecule has 0 spiro atoms. The second kappa shape index (κ2) is 7.52. The Balaban J connectivity index is 1.82. The first kappa shape index (κ1) is 20.0. The SMILES string of the molecule is CCOc1cc2ncc(-c3cc(F)nc(F)c3)n2cc1C1(O)CCN(C(=O)O)CC1. The van der Waals surface area contributed by atoms with Crippen LogP contribution in [0.15, 0.2) is 30.6 Å². The Morgan fingerprint density at radius 3 is 2.50 bits per heavy atom. The number of nitrogens with zero attached hydrogens (tertiary/aromatic N) is 4. The molecule has 158 valence electrons. The highest BCUT2D eigenvalue weighted by molar-refractivity contribution is 5.66. The van der Waals surface area contributed by atoms with Crippen molar-refractivity contribution in [2.45, 2.75) is 25.4 Å². The molecule has 1 fully saturated rings. The molecule has 1 amide bonds. The smallest absolute Gasteiger partial charge is 0.407 e. The zero-order valence-corrected chi connectivity index (χ0v) is 16.2. The lowest BCUT2D eigenvalue weighted by molar-refractivity contribution is -0.0234. The normalized spacial score (nSPS) is 16.1. The number of pyridine rings is 2. The number of imidazole rings is 1. The number of amides is 1. The third-order valence-corrected chi connectivity index (χ3v) is 5.33. The van der Waals surface area contributed by atoms with Gasteiger partial charge in [-0.25, -0.2) is 9.78 Å². The van der Waals surface area contributed by atoms with Crippen LogP contribution in [0.1, 0.15) is 25.3 Å². The molecule has 1 saturated heterocycles. The van der Waals surface area contributed by atoms with Crippen LogP contribution in [-0.2, 0) is 5.60 Å². The quantitative estimate of drug-likeness (QED) is 0.632. The van der Waals surface area contributed by atoms with Crippen molar-refractivity contribution in [3.8, 4) is 17.0 Å². The third-order valence-electron chi connectivity index (χ3n) is 5.33. The lowest BCUT2D eigenvalue weighted by Crippen LogP contribution is -2.44. The number of aromatic nitrogens is 3. The topological polar surface area (TPSA) is 100 Å². The van der Waals surface area contributed by atoms with Gasteiger partial charge in [0.05, 0.1) is 24.1 Å². The number of halogens is 2. The summed E-state index contributed by atoms with van der Waals surface area (Å²) in [4.78, 5) is 19.9.